The van der Waals surface area contributed by atoms with Gasteiger partial charge in [-0.25, -0.2) is 4.79 Å². The predicted molar refractivity (Wildman–Crippen MR) is 60.9 cm³/mol. The van der Waals surface area contributed by atoms with E-state index in [9.17, 15) is 9.90 Å². The molecule has 4 nitrogen and oxygen atoms in total. The van der Waals surface area contributed by atoms with Gasteiger partial charge < -0.3 is 10.2 Å². The number of nitrogens with zero attached hydrogens (tertiary/aromatic N) is 1. The number of phenols is 1. The molecule has 84 valence electrons. The number of fused-ring (bicyclic) bond motifs is 1. The Balaban J connectivity index is 2.80. The fraction of sp³-hybridized carbons (Fsp3) is 0.333. The molecule has 0 aliphatic carbocycles. The van der Waals surface area contributed by atoms with Crippen LogP contribution >= 0.6 is 0 Å². The van der Waals surface area contributed by atoms with Gasteiger partial charge in [-0.3, -0.25) is 4.99 Å². The maximum Gasteiger partial charge on any atom is 0.339 e. The minimum Gasteiger partial charge on any atom is -0.507 e. The molecule has 1 aliphatic heterocycles. The molecular weight excluding hydrogens is 206 g/mol. The molecule has 0 unspecified atom stereocenters. The number of aromatic hydroxyl groups is 1. The Morgan fingerprint density at radius 2 is 2.00 bits per heavy atom. The first-order valence-corrected chi connectivity index (χ1v) is 5.01. The van der Waals surface area contributed by atoms with Crippen LogP contribution in [0, 0.1) is 0 Å². The van der Waals surface area contributed by atoms with Gasteiger partial charge in [-0.1, -0.05) is 13.8 Å². The van der Waals surface area contributed by atoms with Gasteiger partial charge in [-0.2, -0.15) is 0 Å². The summed E-state index contributed by atoms with van der Waals surface area (Å²) in [6.07, 6.45) is 0. The SMILES string of the molecule is CC1=Nc2ccc(O)c(C(=O)O)c2C1(C)C. The lowest BCUT2D eigenvalue weighted by molar-refractivity contribution is 0.0691. The van der Waals surface area contributed by atoms with Crippen molar-refractivity contribution in [3.05, 3.63) is 23.3 Å². The number of benzene rings is 1. The first-order valence-electron chi connectivity index (χ1n) is 5.01. The molecule has 0 fully saturated rings. The second kappa shape index (κ2) is 3.07. The number of hydrogen-bond acceptors (Lipinski definition) is 3. The van der Waals surface area contributed by atoms with Gasteiger partial charge >= 0.3 is 5.97 Å². The third kappa shape index (κ3) is 1.23. The minimum absolute atomic E-state index is 0.0388. The Bertz CT molecular complexity index is 515. The van der Waals surface area contributed by atoms with Crippen molar-refractivity contribution < 1.29 is 15.0 Å². The van der Waals surface area contributed by atoms with Crippen molar-refractivity contribution in [3.63, 3.8) is 0 Å². The number of carbonyl (C=O) groups is 1. The van der Waals surface area contributed by atoms with E-state index in [1.165, 1.54) is 6.07 Å². The fourth-order valence-electron chi connectivity index (χ4n) is 2.02. The Morgan fingerprint density at radius 3 is 2.56 bits per heavy atom. The molecule has 0 saturated heterocycles. The van der Waals surface area contributed by atoms with Gasteiger partial charge in [0.15, 0.2) is 0 Å². The summed E-state index contributed by atoms with van der Waals surface area (Å²) in [4.78, 5) is 15.5. The van der Waals surface area contributed by atoms with Crippen molar-refractivity contribution in [2.24, 2.45) is 4.99 Å². The Kier molecular flexibility index (Phi) is 2.05. The highest BCUT2D eigenvalue weighted by atomic mass is 16.4. The quantitative estimate of drug-likeness (QED) is 0.762. The second-order valence-electron chi connectivity index (χ2n) is 4.48. The van der Waals surface area contributed by atoms with E-state index in [0.29, 0.717) is 11.3 Å². The number of rotatable bonds is 1. The lowest BCUT2D eigenvalue weighted by atomic mass is 9.79. The molecule has 0 saturated carbocycles. The van der Waals surface area contributed by atoms with Crippen molar-refractivity contribution in [1.29, 1.82) is 0 Å². The molecule has 1 aromatic carbocycles. The smallest absolute Gasteiger partial charge is 0.339 e. The number of carboxylic acids is 1. The monoisotopic (exact) mass is 219 g/mol. The molecule has 1 aliphatic rings. The summed E-state index contributed by atoms with van der Waals surface area (Å²) in [6, 6.07) is 3.02. The number of hydrogen-bond donors (Lipinski definition) is 2. The van der Waals surface area contributed by atoms with E-state index < -0.39 is 11.4 Å². The molecule has 0 spiro atoms. The van der Waals surface area contributed by atoms with Crippen LogP contribution < -0.4 is 0 Å². The molecule has 2 N–H and O–H groups in total. The van der Waals surface area contributed by atoms with Crippen LogP contribution in [0.1, 0.15) is 36.7 Å². The van der Waals surface area contributed by atoms with Crippen LogP contribution in [0.2, 0.25) is 0 Å². The van der Waals surface area contributed by atoms with Crippen LogP contribution in [0.25, 0.3) is 0 Å². The molecule has 16 heavy (non-hydrogen) atoms. The summed E-state index contributed by atoms with van der Waals surface area (Å²) >= 11 is 0. The molecule has 0 radical (unpaired) electrons. The highest BCUT2D eigenvalue weighted by molar-refractivity contribution is 6.05. The molecular formula is C12H13NO3. The van der Waals surface area contributed by atoms with Crippen LogP contribution in [-0.2, 0) is 5.41 Å². The van der Waals surface area contributed by atoms with E-state index in [1.807, 2.05) is 20.8 Å². The van der Waals surface area contributed by atoms with Crippen molar-refractivity contribution in [1.82, 2.24) is 0 Å². The van der Waals surface area contributed by atoms with Gasteiger partial charge in [0.25, 0.3) is 0 Å². The summed E-state index contributed by atoms with van der Waals surface area (Å²) in [5.41, 5.74) is 1.61. The van der Waals surface area contributed by atoms with Gasteiger partial charge in [0, 0.05) is 16.7 Å². The van der Waals surface area contributed by atoms with Gasteiger partial charge in [0.05, 0.1) is 5.69 Å². The molecule has 0 amide bonds. The normalized spacial score (nSPS) is 16.8. The van der Waals surface area contributed by atoms with Gasteiger partial charge in [-0.05, 0) is 19.1 Å². The van der Waals surface area contributed by atoms with Gasteiger partial charge in [0.2, 0.25) is 0 Å². The van der Waals surface area contributed by atoms with Crippen LogP contribution in [0.3, 0.4) is 0 Å². The number of aliphatic imine (C=N–C) groups is 1. The average molecular weight is 219 g/mol. The lowest BCUT2D eigenvalue weighted by Gasteiger charge is -2.22. The first kappa shape index (κ1) is 10.7. The van der Waals surface area contributed by atoms with E-state index in [-0.39, 0.29) is 11.3 Å². The summed E-state index contributed by atoms with van der Waals surface area (Å²) in [7, 11) is 0. The van der Waals surface area contributed by atoms with Gasteiger partial charge in [0.1, 0.15) is 11.3 Å². The molecule has 1 aromatic rings. The van der Waals surface area contributed by atoms with Crippen LogP contribution in [-0.4, -0.2) is 21.9 Å². The van der Waals surface area contributed by atoms with E-state index in [2.05, 4.69) is 4.99 Å². The minimum atomic E-state index is -1.12. The molecule has 1 heterocycles. The van der Waals surface area contributed by atoms with Crippen molar-refractivity contribution >= 4 is 17.4 Å². The van der Waals surface area contributed by atoms with E-state index >= 15 is 0 Å². The first-order chi connectivity index (χ1) is 7.35. The van der Waals surface area contributed by atoms with Crippen molar-refractivity contribution in [2.45, 2.75) is 26.2 Å². The highest BCUT2D eigenvalue weighted by Crippen LogP contribution is 2.44. The molecule has 0 bridgehead atoms. The summed E-state index contributed by atoms with van der Waals surface area (Å²) in [6.45, 7) is 5.68. The Hall–Kier alpha value is -1.84. The number of carboxylic acid groups (broad SMARTS) is 1. The fourth-order valence-corrected chi connectivity index (χ4v) is 2.02. The van der Waals surface area contributed by atoms with Crippen molar-refractivity contribution in [2.75, 3.05) is 0 Å². The number of aromatic carboxylic acids is 1. The lowest BCUT2D eigenvalue weighted by Crippen LogP contribution is -2.25. The standard InChI is InChI=1S/C12H13NO3/c1-6-12(2,3)10-7(13-6)4-5-8(14)9(10)11(15)16/h4-5,14H,1-3H3,(H,15,16). The van der Waals surface area contributed by atoms with Crippen LogP contribution in [0.4, 0.5) is 5.69 Å². The predicted octanol–water partition coefficient (Wildman–Crippen LogP) is 2.47. The molecule has 2 rings (SSSR count). The summed E-state index contributed by atoms with van der Waals surface area (Å²) in [5.74, 6) is -1.32. The topological polar surface area (TPSA) is 69.9 Å². The van der Waals surface area contributed by atoms with Crippen LogP contribution in [0.15, 0.2) is 17.1 Å². The molecule has 0 aromatic heterocycles. The van der Waals surface area contributed by atoms with E-state index in [0.717, 1.165) is 5.71 Å². The third-order valence-corrected chi connectivity index (χ3v) is 3.19. The zero-order valence-electron chi connectivity index (χ0n) is 9.40. The second-order valence-corrected chi connectivity index (χ2v) is 4.48. The maximum absolute atomic E-state index is 11.2. The largest absolute Gasteiger partial charge is 0.507 e. The average Bonchev–Trinajstić information content (AvgIpc) is 2.39. The van der Waals surface area contributed by atoms with Crippen molar-refractivity contribution in [3.8, 4) is 5.75 Å². The third-order valence-electron chi connectivity index (χ3n) is 3.19. The molecule has 0 atom stereocenters. The summed E-state index contributed by atoms with van der Waals surface area (Å²) < 4.78 is 0. The molecule has 4 heteroatoms. The zero-order chi connectivity index (χ0) is 12.1. The van der Waals surface area contributed by atoms with Crippen LogP contribution in [0.5, 0.6) is 5.75 Å². The Labute approximate surface area is 93.3 Å². The zero-order valence-corrected chi connectivity index (χ0v) is 9.40. The van der Waals surface area contributed by atoms with Gasteiger partial charge in [-0.15, -0.1) is 0 Å². The van der Waals surface area contributed by atoms with E-state index in [4.69, 9.17) is 5.11 Å². The summed E-state index contributed by atoms with van der Waals surface area (Å²) in [5, 5.41) is 18.8. The Morgan fingerprint density at radius 1 is 1.38 bits per heavy atom. The maximum atomic E-state index is 11.2. The highest BCUT2D eigenvalue weighted by Gasteiger charge is 2.37. The van der Waals surface area contributed by atoms with E-state index in [1.54, 1.807) is 6.07 Å².